The molecular formula is C3H11N5O7S. The van der Waals surface area contributed by atoms with Crippen LogP contribution in [0.1, 0.15) is 0 Å². The van der Waals surface area contributed by atoms with Gasteiger partial charge in [0.05, 0.1) is 0 Å². The minimum atomic E-state index is -4.67. The van der Waals surface area contributed by atoms with E-state index in [4.69, 9.17) is 17.5 Å². The summed E-state index contributed by atoms with van der Waals surface area (Å²) in [5.41, 5.74) is -2.41. The quantitative estimate of drug-likeness (QED) is 0.242. The van der Waals surface area contributed by atoms with Gasteiger partial charge in [0.25, 0.3) is 0 Å². The van der Waals surface area contributed by atoms with E-state index in [-0.39, 0.29) is 12.3 Å². The fourth-order valence-corrected chi connectivity index (χ4v) is 0.403. The van der Waals surface area contributed by atoms with E-state index < -0.39 is 27.5 Å². The lowest BCUT2D eigenvalue weighted by Gasteiger charge is -1.77. The molecule has 1 rings (SSSR count). The molecule has 0 fully saturated rings. The van der Waals surface area contributed by atoms with Gasteiger partial charge < -0.3 is 12.3 Å². The van der Waals surface area contributed by atoms with E-state index in [1.165, 1.54) is 0 Å². The molecule has 1 aromatic heterocycles. The normalized spacial score (nSPS) is 8.88. The number of nitrogens with one attached hydrogen (secondary N) is 3. The van der Waals surface area contributed by atoms with Crippen LogP contribution in [0.2, 0.25) is 0 Å². The maximum absolute atomic E-state index is 10.2. The van der Waals surface area contributed by atoms with Crippen molar-refractivity contribution in [2.75, 3.05) is 0 Å². The van der Waals surface area contributed by atoms with Gasteiger partial charge in [-0.15, -0.1) is 0 Å². The van der Waals surface area contributed by atoms with Crippen LogP contribution in [0.15, 0.2) is 14.4 Å². The molecule has 96 valence electrons. The smallest absolute Gasteiger partial charge is 0.344 e. The molecule has 0 saturated heterocycles. The molecule has 0 saturated carbocycles. The molecule has 1 aromatic rings. The molecule has 11 N–H and O–H groups in total. The van der Waals surface area contributed by atoms with Gasteiger partial charge in [0.1, 0.15) is 0 Å². The van der Waals surface area contributed by atoms with Gasteiger partial charge in [0.2, 0.25) is 0 Å². The molecule has 16 heavy (non-hydrogen) atoms. The summed E-state index contributed by atoms with van der Waals surface area (Å²) < 4.78 is 31.6. The minimum absolute atomic E-state index is 0. The summed E-state index contributed by atoms with van der Waals surface area (Å²) in [5, 5.41) is 0. The van der Waals surface area contributed by atoms with Crippen LogP contribution in [0.4, 0.5) is 0 Å². The van der Waals surface area contributed by atoms with Crippen LogP contribution in [-0.4, -0.2) is 32.5 Å². The Morgan fingerprint density at radius 3 is 1.00 bits per heavy atom. The maximum atomic E-state index is 10.2. The fraction of sp³-hybridized carbons (Fsp3) is 0. The van der Waals surface area contributed by atoms with Gasteiger partial charge in [-0.3, -0.25) is 24.1 Å². The average molecular weight is 261 g/mol. The summed E-state index contributed by atoms with van der Waals surface area (Å²) in [6.45, 7) is 0. The van der Waals surface area contributed by atoms with Gasteiger partial charge in [-0.25, -0.2) is 14.4 Å². The van der Waals surface area contributed by atoms with Crippen molar-refractivity contribution in [2.45, 2.75) is 0 Å². The molecule has 0 spiro atoms. The van der Waals surface area contributed by atoms with Gasteiger partial charge in [0.15, 0.2) is 0 Å². The maximum Gasteiger partial charge on any atom is 0.394 e. The van der Waals surface area contributed by atoms with Gasteiger partial charge in [-0.2, -0.15) is 8.42 Å². The summed E-state index contributed by atoms with van der Waals surface area (Å²) in [4.78, 5) is 35.9. The standard InChI is InChI=1S/C3H3N3O3.2H3N.H2O4S/c7-1-4-2(8)6-3(9)5-1;;;1-5(2,3)4/h(H3,4,5,6,7,8,9);2*1H3;(H2,1,2,3,4). The number of aromatic nitrogens is 3. The van der Waals surface area contributed by atoms with Crippen molar-refractivity contribution in [1.29, 1.82) is 0 Å². The third-order valence-electron chi connectivity index (χ3n) is 0.681. The summed E-state index contributed by atoms with van der Waals surface area (Å²) in [6.07, 6.45) is 0. The zero-order valence-corrected chi connectivity index (χ0v) is 8.57. The SMILES string of the molecule is N.N.O=S(=O)(O)O.O=c1[nH]c(=O)[nH]c(=O)[nH]1. The summed E-state index contributed by atoms with van der Waals surface area (Å²) in [7, 11) is -4.67. The Kier molecular flexibility index (Phi) is 9.23. The Balaban J connectivity index is -0.000000214. The Labute approximate surface area is 87.5 Å². The number of rotatable bonds is 0. The first-order valence-corrected chi connectivity index (χ1v) is 4.21. The molecular weight excluding hydrogens is 250 g/mol. The molecule has 0 radical (unpaired) electrons. The molecule has 0 bridgehead atoms. The Bertz CT molecular complexity index is 464. The molecule has 0 aliphatic rings. The van der Waals surface area contributed by atoms with E-state index in [0.717, 1.165) is 0 Å². The lowest BCUT2D eigenvalue weighted by Crippen LogP contribution is -2.34. The monoisotopic (exact) mass is 261 g/mol. The lowest BCUT2D eigenvalue weighted by molar-refractivity contribution is 0.381. The number of hydrogen-bond acceptors (Lipinski definition) is 7. The highest BCUT2D eigenvalue weighted by atomic mass is 32.3. The predicted octanol–water partition coefficient (Wildman–Crippen LogP) is -2.58. The van der Waals surface area contributed by atoms with Crippen molar-refractivity contribution in [3.8, 4) is 0 Å². The van der Waals surface area contributed by atoms with Crippen LogP contribution in [0.25, 0.3) is 0 Å². The second-order valence-corrected chi connectivity index (χ2v) is 2.71. The van der Waals surface area contributed by atoms with Crippen LogP contribution in [0, 0.1) is 0 Å². The summed E-state index contributed by atoms with van der Waals surface area (Å²) in [5.74, 6) is 0. The van der Waals surface area contributed by atoms with Crippen molar-refractivity contribution in [3.05, 3.63) is 31.5 Å². The van der Waals surface area contributed by atoms with Crippen molar-refractivity contribution in [1.82, 2.24) is 27.3 Å². The molecule has 1 heterocycles. The third-order valence-corrected chi connectivity index (χ3v) is 0.681. The summed E-state index contributed by atoms with van der Waals surface area (Å²) >= 11 is 0. The third kappa shape index (κ3) is 14.7. The Morgan fingerprint density at radius 2 is 0.875 bits per heavy atom. The van der Waals surface area contributed by atoms with Crippen molar-refractivity contribution < 1.29 is 17.5 Å². The first-order valence-electron chi connectivity index (χ1n) is 2.81. The number of hydrogen-bond donors (Lipinski definition) is 7. The lowest BCUT2D eigenvalue weighted by atomic mass is 11.0. The largest absolute Gasteiger partial charge is 0.394 e. The van der Waals surface area contributed by atoms with Crippen LogP contribution >= 0.6 is 0 Å². The van der Waals surface area contributed by atoms with E-state index in [0.29, 0.717) is 0 Å². The number of H-pyrrole nitrogens is 3. The predicted molar refractivity (Wildman–Crippen MR) is 52.5 cm³/mol. The second-order valence-electron chi connectivity index (χ2n) is 1.81. The van der Waals surface area contributed by atoms with Gasteiger partial charge in [-0.05, 0) is 0 Å². The first kappa shape index (κ1) is 19.7. The minimum Gasteiger partial charge on any atom is -0.344 e. The van der Waals surface area contributed by atoms with Gasteiger partial charge in [0, 0.05) is 0 Å². The van der Waals surface area contributed by atoms with Gasteiger partial charge >= 0.3 is 27.5 Å². The molecule has 13 heteroatoms. The van der Waals surface area contributed by atoms with Crippen LogP contribution < -0.4 is 29.4 Å². The van der Waals surface area contributed by atoms with E-state index >= 15 is 0 Å². The molecule has 12 nitrogen and oxygen atoms in total. The Morgan fingerprint density at radius 1 is 0.750 bits per heavy atom. The average Bonchev–Trinajstić information content (AvgIpc) is 1.77. The summed E-state index contributed by atoms with van der Waals surface area (Å²) in [6, 6.07) is 0. The highest BCUT2D eigenvalue weighted by Gasteiger charge is 1.85. The highest BCUT2D eigenvalue weighted by molar-refractivity contribution is 7.79. The van der Waals surface area contributed by atoms with Crippen LogP contribution in [0.3, 0.4) is 0 Å². The molecule has 0 amide bonds. The van der Waals surface area contributed by atoms with Gasteiger partial charge in [-0.1, -0.05) is 0 Å². The highest BCUT2D eigenvalue weighted by Crippen LogP contribution is 1.59. The molecule has 0 aliphatic heterocycles. The van der Waals surface area contributed by atoms with E-state index in [9.17, 15) is 14.4 Å². The topological polar surface area (TPSA) is 243 Å². The molecule has 0 unspecified atom stereocenters. The van der Waals surface area contributed by atoms with Crippen LogP contribution in [-0.2, 0) is 10.4 Å². The zero-order valence-electron chi connectivity index (χ0n) is 7.76. The van der Waals surface area contributed by atoms with Crippen molar-refractivity contribution in [3.63, 3.8) is 0 Å². The van der Waals surface area contributed by atoms with Crippen LogP contribution in [0.5, 0.6) is 0 Å². The van der Waals surface area contributed by atoms with Crippen molar-refractivity contribution in [2.24, 2.45) is 0 Å². The van der Waals surface area contributed by atoms with E-state index in [1.807, 2.05) is 0 Å². The van der Waals surface area contributed by atoms with E-state index in [2.05, 4.69) is 0 Å². The molecule has 0 aromatic carbocycles. The second kappa shape index (κ2) is 7.49. The zero-order chi connectivity index (χ0) is 11.4. The first-order chi connectivity index (χ1) is 6.18. The molecule has 0 atom stereocenters. The van der Waals surface area contributed by atoms with Crippen molar-refractivity contribution >= 4 is 10.4 Å². The molecule has 0 aliphatic carbocycles. The fourth-order valence-electron chi connectivity index (χ4n) is 0.403. The Hall–Kier alpha value is -1.80. The number of aromatic amines is 3. The van der Waals surface area contributed by atoms with E-state index in [1.54, 1.807) is 15.0 Å².